The lowest BCUT2D eigenvalue weighted by atomic mass is 10.2. The van der Waals surface area contributed by atoms with Crippen molar-refractivity contribution in [2.24, 2.45) is 0 Å². The molecule has 0 radical (unpaired) electrons. The zero-order valence-corrected chi connectivity index (χ0v) is 10.8. The summed E-state index contributed by atoms with van der Waals surface area (Å²) in [4.78, 5) is 6.96. The van der Waals surface area contributed by atoms with Crippen molar-refractivity contribution in [3.05, 3.63) is 18.1 Å². The van der Waals surface area contributed by atoms with Gasteiger partial charge in [-0.2, -0.15) is 13.2 Å². The third kappa shape index (κ3) is 4.47. The van der Waals surface area contributed by atoms with Crippen LogP contribution in [0.5, 0.6) is 0 Å². The highest BCUT2D eigenvalue weighted by molar-refractivity contribution is 5.85. The van der Waals surface area contributed by atoms with E-state index in [2.05, 4.69) is 20.6 Å². The summed E-state index contributed by atoms with van der Waals surface area (Å²) in [6, 6.07) is 1.06. The summed E-state index contributed by atoms with van der Waals surface area (Å²) in [5.41, 5.74) is -0.920. The molecule has 1 atom stereocenters. The summed E-state index contributed by atoms with van der Waals surface area (Å²) in [6.45, 7) is 1.61. The Bertz CT molecular complexity index is 369. The Balaban J connectivity index is 0.00000144. The first-order chi connectivity index (χ1) is 7.55. The van der Waals surface area contributed by atoms with E-state index in [0.29, 0.717) is 0 Å². The fourth-order valence-corrected chi connectivity index (χ4v) is 1.58. The van der Waals surface area contributed by atoms with E-state index < -0.39 is 11.9 Å². The second-order valence-corrected chi connectivity index (χ2v) is 3.62. The van der Waals surface area contributed by atoms with Crippen LogP contribution in [0.25, 0.3) is 0 Å². The summed E-state index contributed by atoms with van der Waals surface area (Å²) in [6.07, 6.45) is -2.62. The molecule has 4 nitrogen and oxygen atoms in total. The summed E-state index contributed by atoms with van der Waals surface area (Å²) in [5.74, 6) is 0.219. The van der Waals surface area contributed by atoms with Crippen LogP contribution in [0.1, 0.15) is 12.1 Å². The number of nitrogens with zero attached hydrogens (tertiary/aromatic N) is 2. The first-order valence-electron chi connectivity index (χ1n) is 4.92. The van der Waals surface area contributed by atoms with Crippen molar-refractivity contribution in [3.63, 3.8) is 0 Å². The lowest BCUT2D eigenvalue weighted by Gasteiger charge is -2.13. The maximum Gasteiger partial charge on any atom is 0.433 e. The van der Waals surface area contributed by atoms with E-state index in [9.17, 15) is 13.2 Å². The molecule has 0 aromatic carbocycles. The predicted octanol–water partition coefficient (Wildman–Crippen LogP) is 2.11. The van der Waals surface area contributed by atoms with Crippen LogP contribution in [-0.4, -0.2) is 29.1 Å². The molecule has 1 aromatic heterocycles. The summed E-state index contributed by atoms with van der Waals surface area (Å²) < 4.78 is 37.1. The molecule has 2 heterocycles. The first-order valence-corrected chi connectivity index (χ1v) is 4.92. The van der Waals surface area contributed by atoms with E-state index in [0.717, 1.165) is 31.9 Å². The molecule has 1 unspecified atom stereocenters. The van der Waals surface area contributed by atoms with Gasteiger partial charge in [0.1, 0.15) is 17.8 Å². The van der Waals surface area contributed by atoms with Gasteiger partial charge in [-0.05, 0) is 13.0 Å². The molecule has 1 aliphatic rings. The second kappa shape index (κ2) is 6.96. The maximum absolute atomic E-state index is 12.4. The number of alkyl halides is 3. The fourth-order valence-electron chi connectivity index (χ4n) is 1.58. The topological polar surface area (TPSA) is 49.8 Å². The minimum Gasteiger partial charge on any atom is -0.366 e. The van der Waals surface area contributed by atoms with Crippen LogP contribution >= 0.6 is 24.8 Å². The summed E-state index contributed by atoms with van der Waals surface area (Å²) in [7, 11) is 0. The minimum absolute atomic E-state index is 0. The first kappa shape index (κ1) is 17.2. The Kier molecular flexibility index (Phi) is 6.66. The van der Waals surface area contributed by atoms with Crippen molar-refractivity contribution in [1.29, 1.82) is 0 Å². The third-order valence-corrected chi connectivity index (χ3v) is 2.37. The van der Waals surface area contributed by atoms with Crippen LogP contribution < -0.4 is 10.6 Å². The van der Waals surface area contributed by atoms with Gasteiger partial charge in [-0.25, -0.2) is 9.97 Å². The van der Waals surface area contributed by atoms with Gasteiger partial charge in [-0.1, -0.05) is 0 Å². The minimum atomic E-state index is -4.42. The molecule has 0 amide bonds. The molecule has 0 saturated carbocycles. The van der Waals surface area contributed by atoms with Crippen LogP contribution in [-0.2, 0) is 6.18 Å². The van der Waals surface area contributed by atoms with Crippen molar-refractivity contribution in [2.45, 2.75) is 18.6 Å². The van der Waals surface area contributed by atoms with Gasteiger partial charge in [0, 0.05) is 18.7 Å². The number of halogens is 5. The number of rotatable bonds is 2. The monoisotopic (exact) mass is 304 g/mol. The highest BCUT2D eigenvalue weighted by Gasteiger charge is 2.33. The molecule has 2 rings (SSSR count). The van der Waals surface area contributed by atoms with Crippen molar-refractivity contribution in [1.82, 2.24) is 15.3 Å². The fraction of sp³-hybridized carbons (Fsp3) is 0.556. The Labute approximate surface area is 115 Å². The molecule has 2 N–H and O–H groups in total. The molecule has 0 bridgehead atoms. The van der Waals surface area contributed by atoms with Crippen molar-refractivity contribution >= 4 is 30.6 Å². The third-order valence-electron chi connectivity index (χ3n) is 2.37. The maximum atomic E-state index is 12.4. The molecule has 1 fully saturated rings. The molecule has 1 aromatic rings. The number of aromatic nitrogens is 2. The highest BCUT2D eigenvalue weighted by Crippen LogP contribution is 2.28. The number of nitrogens with one attached hydrogen (secondary N) is 2. The zero-order chi connectivity index (χ0) is 11.6. The van der Waals surface area contributed by atoms with Gasteiger partial charge in [0.05, 0.1) is 0 Å². The van der Waals surface area contributed by atoms with E-state index in [1.54, 1.807) is 0 Å². The van der Waals surface area contributed by atoms with E-state index in [1.807, 2.05) is 0 Å². The standard InChI is InChI=1S/C9H11F3N4.2ClH/c10-9(11,12)7-3-8(15-5-14-7)16-6-1-2-13-4-6;;/h3,5-6,13H,1-2,4H2,(H,14,15,16);2*1H. The van der Waals surface area contributed by atoms with Gasteiger partial charge in [-0.15, -0.1) is 24.8 Å². The molecule has 1 aliphatic heterocycles. The summed E-state index contributed by atoms with van der Waals surface area (Å²) >= 11 is 0. The second-order valence-electron chi connectivity index (χ2n) is 3.62. The Morgan fingerprint density at radius 1 is 1.28 bits per heavy atom. The smallest absolute Gasteiger partial charge is 0.366 e. The molecule has 18 heavy (non-hydrogen) atoms. The average molecular weight is 305 g/mol. The lowest BCUT2D eigenvalue weighted by molar-refractivity contribution is -0.141. The molecule has 0 aliphatic carbocycles. The predicted molar refractivity (Wildman–Crippen MR) is 66.4 cm³/mol. The number of hydrogen-bond acceptors (Lipinski definition) is 4. The van der Waals surface area contributed by atoms with E-state index in [4.69, 9.17) is 0 Å². The van der Waals surface area contributed by atoms with Gasteiger partial charge >= 0.3 is 6.18 Å². The molecular weight excluding hydrogens is 292 g/mol. The zero-order valence-electron chi connectivity index (χ0n) is 9.20. The number of hydrogen-bond donors (Lipinski definition) is 2. The highest BCUT2D eigenvalue weighted by atomic mass is 35.5. The van der Waals surface area contributed by atoms with E-state index in [1.165, 1.54) is 0 Å². The van der Waals surface area contributed by atoms with Gasteiger partial charge in [0.25, 0.3) is 0 Å². The van der Waals surface area contributed by atoms with Crippen LogP contribution in [0.15, 0.2) is 12.4 Å². The van der Waals surface area contributed by atoms with Gasteiger partial charge in [-0.3, -0.25) is 0 Å². The average Bonchev–Trinajstić information content (AvgIpc) is 2.70. The largest absolute Gasteiger partial charge is 0.433 e. The number of anilines is 1. The van der Waals surface area contributed by atoms with Crippen LogP contribution in [0.2, 0.25) is 0 Å². The van der Waals surface area contributed by atoms with Crippen molar-refractivity contribution < 1.29 is 13.2 Å². The van der Waals surface area contributed by atoms with Crippen LogP contribution in [0.3, 0.4) is 0 Å². The van der Waals surface area contributed by atoms with Crippen LogP contribution in [0, 0.1) is 0 Å². The molecule has 0 spiro atoms. The van der Waals surface area contributed by atoms with Crippen molar-refractivity contribution in [3.8, 4) is 0 Å². The van der Waals surface area contributed by atoms with Crippen molar-refractivity contribution in [2.75, 3.05) is 18.4 Å². The van der Waals surface area contributed by atoms with Gasteiger partial charge in [0.15, 0.2) is 0 Å². The lowest BCUT2D eigenvalue weighted by Crippen LogP contribution is -2.23. The molecule has 1 saturated heterocycles. The Hall–Kier alpha value is -0.790. The van der Waals surface area contributed by atoms with E-state index >= 15 is 0 Å². The molecule has 9 heteroatoms. The summed E-state index contributed by atoms with van der Waals surface area (Å²) in [5, 5.41) is 6.05. The van der Waals surface area contributed by atoms with E-state index in [-0.39, 0.29) is 36.7 Å². The van der Waals surface area contributed by atoms with Gasteiger partial charge in [0.2, 0.25) is 0 Å². The normalized spacial score (nSPS) is 18.7. The van der Waals surface area contributed by atoms with Crippen LogP contribution in [0.4, 0.5) is 19.0 Å². The Morgan fingerprint density at radius 2 is 2.00 bits per heavy atom. The molecule has 104 valence electrons. The molecular formula is C9H13Cl2F3N4. The van der Waals surface area contributed by atoms with Gasteiger partial charge < -0.3 is 10.6 Å². The Morgan fingerprint density at radius 3 is 2.56 bits per heavy atom. The SMILES string of the molecule is Cl.Cl.FC(F)(F)c1cc(NC2CCNC2)ncn1. The quantitative estimate of drug-likeness (QED) is 0.879.